The number of carbonyl (C=O) groups is 1. The number of rotatable bonds is 3. The Labute approximate surface area is 155 Å². The molecule has 3 heterocycles. The molecule has 1 saturated heterocycles. The van der Waals surface area contributed by atoms with Gasteiger partial charge in [0.1, 0.15) is 5.56 Å². The molecule has 1 N–H and O–H groups in total. The maximum Gasteiger partial charge on any atom is 0.261 e. The summed E-state index contributed by atoms with van der Waals surface area (Å²) in [6.45, 7) is 5.74. The monoisotopic (exact) mass is 367 g/mol. The zero-order valence-corrected chi connectivity index (χ0v) is 15.5. The minimum absolute atomic E-state index is 0.162. The van der Waals surface area contributed by atoms with Crippen LogP contribution in [0.1, 0.15) is 20.8 Å². The highest BCUT2D eigenvalue weighted by Gasteiger charge is 2.26. The van der Waals surface area contributed by atoms with E-state index in [1.807, 2.05) is 31.2 Å². The Morgan fingerprint density at radius 2 is 1.88 bits per heavy atom. The number of amides is 1. The van der Waals surface area contributed by atoms with Crippen molar-refractivity contribution in [1.29, 1.82) is 0 Å². The number of nitrogens with one attached hydrogen (secondary N) is 1. The predicted molar refractivity (Wildman–Crippen MR) is 105 cm³/mol. The van der Waals surface area contributed by atoms with Gasteiger partial charge >= 0.3 is 0 Å². The number of nitrogens with zero attached hydrogens (tertiary/aromatic N) is 2. The number of piperazine rings is 1. The zero-order valence-electron chi connectivity index (χ0n) is 14.7. The third kappa shape index (κ3) is 3.18. The highest BCUT2D eigenvalue weighted by molar-refractivity contribution is 7.09. The van der Waals surface area contributed by atoms with E-state index in [0.717, 1.165) is 36.1 Å². The minimum Gasteiger partial charge on any atom is -0.336 e. The van der Waals surface area contributed by atoms with Crippen LogP contribution < -0.4 is 5.56 Å². The van der Waals surface area contributed by atoms with Crippen molar-refractivity contribution in [3.63, 3.8) is 0 Å². The standard InChI is InChI=1S/C20H21N3O2S/c1-14-16-6-2-3-7-17(16)21-19(24)18(14)20(25)23-10-8-22(9-11-23)13-15-5-4-12-26-15/h2-7,12H,8-11,13H2,1H3,(H,21,24). The number of aryl methyl sites for hydroxylation is 1. The molecule has 0 radical (unpaired) electrons. The third-order valence-corrected chi connectivity index (χ3v) is 5.88. The molecule has 1 fully saturated rings. The van der Waals surface area contributed by atoms with Crippen molar-refractivity contribution in [2.45, 2.75) is 13.5 Å². The first-order valence-corrected chi connectivity index (χ1v) is 9.67. The maximum atomic E-state index is 13.0. The summed E-state index contributed by atoms with van der Waals surface area (Å²) in [6, 6.07) is 11.8. The van der Waals surface area contributed by atoms with Crippen LogP contribution in [0.15, 0.2) is 46.6 Å². The number of carbonyl (C=O) groups excluding carboxylic acids is 1. The van der Waals surface area contributed by atoms with E-state index < -0.39 is 0 Å². The fraction of sp³-hybridized carbons (Fsp3) is 0.300. The van der Waals surface area contributed by atoms with Gasteiger partial charge in [0.15, 0.2) is 0 Å². The van der Waals surface area contributed by atoms with Gasteiger partial charge in [0.2, 0.25) is 0 Å². The van der Waals surface area contributed by atoms with Gasteiger partial charge in [-0.05, 0) is 30.0 Å². The van der Waals surface area contributed by atoms with Crippen LogP contribution in [0.3, 0.4) is 0 Å². The van der Waals surface area contributed by atoms with Crippen molar-refractivity contribution in [2.24, 2.45) is 0 Å². The van der Waals surface area contributed by atoms with Gasteiger partial charge in [-0.3, -0.25) is 14.5 Å². The van der Waals surface area contributed by atoms with E-state index in [9.17, 15) is 9.59 Å². The SMILES string of the molecule is Cc1c(C(=O)N2CCN(Cc3cccs3)CC2)c(=O)[nH]c2ccccc12. The number of pyridine rings is 1. The lowest BCUT2D eigenvalue weighted by Crippen LogP contribution is -2.49. The first-order chi connectivity index (χ1) is 12.6. The normalized spacial score (nSPS) is 15.5. The lowest BCUT2D eigenvalue weighted by Gasteiger charge is -2.34. The van der Waals surface area contributed by atoms with Crippen LogP contribution in [-0.4, -0.2) is 46.9 Å². The van der Waals surface area contributed by atoms with Crippen molar-refractivity contribution >= 4 is 28.1 Å². The number of aromatic nitrogens is 1. The quantitative estimate of drug-likeness (QED) is 0.774. The number of hydrogen-bond donors (Lipinski definition) is 1. The Kier molecular flexibility index (Phi) is 4.61. The van der Waals surface area contributed by atoms with Crippen LogP contribution in [0, 0.1) is 6.92 Å². The molecule has 0 atom stereocenters. The van der Waals surface area contributed by atoms with E-state index in [2.05, 4.69) is 27.4 Å². The fourth-order valence-corrected chi connectivity index (χ4v) is 4.30. The molecule has 1 aliphatic rings. The molecule has 1 aromatic carbocycles. The Balaban J connectivity index is 1.52. The van der Waals surface area contributed by atoms with Gasteiger partial charge in [-0.1, -0.05) is 24.3 Å². The summed E-state index contributed by atoms with van der Waals surface area (Å²) in [5.74, 6) is -0.162. The van der Waals surface area contributed by atoms with Gasteiger partial charge in [-0.15, -0.1) is 11.3 Å². The summed E-state index contributed by atoms with van der Waals surface area (Å²) in [6.07, 6.45) is 0. The molecule has 0 unspecified atom stereocenters. The van der Waals surface area contributed by atoms with Gasteiger partial charge < -0.3 is 9.88 Å². The van der Waals surface area contributed by atoms with E-state index in [-0.39, 0.29) is 17.0 Å². The van der Waals surface area contributed by atoms with Crippen LogP contribution in [0.2, 0.25) is 0 Å². The van der Waals surface area contributed by atoms with Crippen LogP contribution in [-0.2, 0) is 6.54 Å². The van der Waals surface area contributed by atoms with Gasteiger partial charge in [-0.25, -0.2) is 0 Å². The highest BCUT2D eigenvalue weighted by Crippen LogP contribution is 2.19. The Hall–Kier alpha value is -2.44. The van der Waals surface area contributed by atoms with Crippen LogP contribution >= 0.6 is 11.3 Å². The minimum atomic E-state index is -0.299. The predicted octanol–water partition coefficient (Wildman–Crippen LogP) is 2.86. The van der Waals surface area contributed by atoms with E-state index in [1.165, 1.54) is 4.88 Å². The molecule has 5 nitrogen and oxygen atoms in total. The second-order valence-corrected chi connectivity index (χ2v) is 7.68. The van der Waals surface area contributed by atoms with Crippen LogP contribution in [0.25, 0.3) is 10.9 Å². The van der Waals surface area contributed by atoms with Crippen LogP contribution in [0.4, 0.5) is 0 Å². The van der Waals surface area contributed by atoms with Gasteiger partial charge in [0, 0.05) is 48.5 Å². The van der Waals surface area contributed by atoms with E-state index in [0.29, 0.717) is 13.1 Å². The number of aromatic amines is 1. The van der Waals surface area contributed by atoms with E-state index in [4.69, 9.17) is 0 Å². The molecule has 1 amide bonds. The Morgan fingerprint density at radius 3 is 2.62 bits per heavy atom. The second-order valence-electron chi connectivity index (χ2n) is 6.65. The molecule has 4 rings (SSSR count). The van der Waals surface area contributed by atoms with Gasteiger partial charge in [0.05, 0.1) is 0 Å². The van der Waals surface area contributed by atoms with E-state index in [1.54, 1.807) is 16.2 Å². The number of H-pyrrole nitrogens is 1. The number of thiophene rings is 1. The van der Waals surface area contributed by atoms with Crippen molar-refractivity contribution in [2.75, 3.05) is 26.2 Å². The maximum absolute atomic E-state index is 13.0. The second kappa shape index (κ2) is 7.05. The molecule has 2 aromatic heterocycles. The summed E-state index contributed by atoms with van der Waals surface area (Å²) < 4.78 is 0. The summed E-state index contributed by atoms with van der Waals surface area (Å²) in [5, 5.41) is 3.01. The number of benzene rings is 1. The molecular formula is C20H21N3O2S. The van der Waals surface area contributed by atoms with Crippen LogP contribution in [0.5, 0.6) is 0 Å². The molecule has 1 aliphatic heterocycles. The molecule has 134 valence electrons. The number of para-hydroxylation sites is 1. The first-order valence-electron chi connectivity index (χ1n) is 8.79. The summed E-state index contributed by atoms with van der Waals surface area (Å²) in [4.78, 5) is 33.8. The fourth-order valence-electron chi connectivity index (χ4n) is 3.56. The summed E-state index contributed by atoms with van der Waals surface area (Å²) in [7, 11) is 0. The molecule has 0 aliphatic carbocycles. The molecule has 0 saturated carbocycles. The van der Waals surface area contributed by atoms with E-state index >= 15 is 0 Å². The van der Waals surface area contributed by atoms with Crippen molar-refractivity contribution in [3.05, 3.63) is 68.1 Å². The summed E-state index contributed by atoms with van der Waals surface area (Å²) in [5.41, 5.74) is 1.50. The van der Waals surface area contributed by atoms with Crippen molar-refractivity contribution < 1.29 is 4.79 Å². The van der Waals surface area contributed by atoms with Crippen molar-refractivity contribution in [1.82, 2.24) is 14.8 Å². The zero-order chi connectivity index (χ0) is 18.1. The number of hydrogen-bond acceptors (Lipinski definition) is 4. The lowest BCUT2D eigenvalue weighted by atomic mass is 10.0. The first kappa shape index (κ1) is 17.0. The van der Waals surface area contributed by atoms with Gasteiger partial charge in [0.25, 0.3) is 11.5 Å². The molecular weight excluding hydrogens is 346 g/mol. The average molecular weight is 367 g/mol. The lowest BCUT2D eigenvalue weighted by molar-refractivity contribution is 0.0627. The molecule has 3 aromatic rings. The van der Waals surface area contributed by atoms with Gasteiger partial charge in [-0.2, -0.15) is 0 Å². The number of fused-ring (bicyclic) bond motifs is 1. The topological polar surface area (TPSA) is 56.4 Å². The van der Waals surface area contributed by atoms with Crippen molar-refractivity contribution in [3.8, 4) is 0 Å². The highest BCUT2D eigenvalue weighted by atomic mass is 32.1. The average Bonchev–Trinajstić information content (AvgIpc) is 3.15. The largest absolute Gasteiger partial charge is 0.336 e. The molecule has 6 heteroatoms. The molecule has 0 spiro atoms. The Morgan fingerprint density at radius 1 is 1.12 bits per heavy atom. The third-order valence-electron chi connectivity index (χ3n) is 5.01. The Bertz CT molecular complexity index is 986. The molecule has 26 heavy (non-hydrogen) atoms. The summed E-state index contributed by atoms with van der Waals surface area (Å²) >= 11 is 1.76. The molecule has 0 bridgehead atoms. The smallest absolute Gasteiger partial charge is 0.261 e.